The first-order valence-corrected chi connectivity index (χ1v) is 11.9. The number of hydrogen-bond acceptors (Lipinski definition) is 3. The van der Waals surface area contributed by atoms with E-state index in [9.17, 15) is 4.79 Å². The van der Waals surface area contributed by atoms with Gasteiger partial charge in [0.25, 0.3) is 5.91 Å². The number of carbonyl (C=O) groups is 1. The van der Waals surface area contributed by atoms with Crippen molar-refractivity contribution in [3.63, 3.8) is 0 Å². The van der Waals surface area contributed by atoms with E-state index in [0.717, 1.165) is 51.1 Å². The zero-order chi connectivity index (χ0) is 24.4. The number of amides is 1. The molecule has 0 aliphatic carbocycles. The van der Waals surface area contributed by atoms with Gasteiger partial charge in [-0.2, -0.15) is 5.10 Å². The minimum atomic E-state index is -0.117. The van der Waals surface area contributed by atoms with Crippen molar-refractivity contribution in [1.29, 1.82) is 0 Å². The standard InChI is InChI=1S/C30H28N4O/c1-4-22-13-15-24(16-14-22)34-21(3)27(19-32-34)29-17-26(25-11-7-8-12-28(25)33-29)30(35)31-18-23-10-6-5-9-20(23)2/h5-17,19H,4,18H2,1-3H3,(H,31,35). The summed E-state index contributed by atoms with van der Waals surface area (Å²) in [6.45, 7) is 6.71. The number of rotatable bonds is 6. The van der Waals surface area contributed by atoms with Gasteiger partial charge in [0.15, 0.2) is 0 Å². The van der Waals surface area contributed by atoms with Crippen molar-refractivity contribution < 1.29 is 4.79 Å². The first-order chi connectivity index (χ1) is 17.0. The van der Waals surface area contributed by atoms with Gasteiger partial charge in [-0.05, 0) is 61.2 Å². The molecule has 1 N–H and O–H groups in total. The summed E-state index contributed by atoms with van der Waals surface area (Å²) < 4.78 is 1.92. The molecule has 0 saturated heterocycles. The number of aromatic nitrogens is 3. The normalized spacial score (nSPS) is 11.1. The third-order valence-corrected chi connectivity index (χ3v) is 6.54. The lowest BCUT2D eigenvalue weighted by Gasteiger charge is -2.12. The number of fused-ring (bicyclic) bond motifs is 1. The van der Waals surface area contributed by atoms with E-state index in [1.807, 2.05) is 66.3 Å². The second-order valence-corrected chi connectivity index (χ2v) is 8.76. The highest BCUT2D eigenvalue weighted by Gasteiger charge is 2.17. The fourth-order valence-corrected chi connectivity index (χ4v) is 4.37. The molecule has 5 heteroatoms. The number of nitrogens with one attached hydrogen (secondary N) is 1. The number of hydrogen-bond donors (Lipinski definition) is 1. The molecule has 0 fully saturated rings. The van der Waals surface area contributed by atoms with Gasteiger partial charge in [-0.1, -0.05) is 61.5 Å². The summed E-state index contributed by atoms with van der Waals surface area (Å²) in [4.78, 5) is 18.2. The number of para-hydroxylation sites is 1. The Morgan fingerprint density at radius 1 is 0.943 bits per heavy atom. The molecule has 0 atom stereocenters. The molecule has 5 rings (SSSR count). The first-order valence-electron chi connectivity index (χ1n) is 11.9. The Hall–Kier alpha value is -4.25. The van der Waals surface area contributed by atoms with Crippen LogP contribution in [0, 0.1) is 13.8 Å². The molecule has 35 heavy (non-hydrogen) atoms. The molecule has 2 aromatic heterocycles. The van der Waals surface area contributed by atoms with Crippen LogP contribution in [0.5, 0.6) is 0 Å². The highest BCUT2D eigenvalue weighted by atomic mass is 16.1. The Morgan fingerprint density at radius 3 is 2.46 bits per heavy atom. The van der Waals surface area contributed by atoms with Crippen LogP contribution in [0.2, 0.25) is 0 Å². The molecular weight excluding hydrogens is 432 g/mol. The largest absolute Gasteiger partial charge is 0.348 e. The second-order valence-electron chi connectivity index (χ2n) is 8.76. The lowest BCUT2D eigenvalue weighted by Crippen LogP contribution is -2.23. The molecule has 5 nitrogen and oxygen atoms in total. The first kappa shape index (κ1) is 22.5. The summed E-state index contributed by atoms with van der Waals surface area (Å²) in [6, 6.07) is 26.2. The molecule has 0 unspecified atom stereocenters. The van der Waals surface area contributed by atoms with Crippen LogP contribution in [0.25, 0.3) is 27.8 Å². The fraction of sp³-hybridized carbons (Fsp3) is 0.167. The lowest BCUT2D eigenvalue weighted by molar-refractivity contribution is 0.0952. The average Bonchev–Trinajstić information content (AvgIpc) is 3.28. The third kappa shape index (κ3) is 4.45. The van der Waals surface area contributed by atoms with Crippen molar-refractivity contribution in [2.24, 2.45) is 0 Å². The van der Waals surface area contributed by atoms with Gasteiger partial charge in [0, 0.05) is 17.5 Å². The van der Waals surface area contributed by atoms with E-state index in [1.54, 1.807) is 0 Å². The lowest BCUT2D eigenvalue weighted by atomic mass is 10.0. The van der Waals surface area contributed by atoms with Gasteiger partial charge >= 0.3 is 0 Å². The van der Waals surface area contributed by atoms with Crippen molar-refractivity contribution in [3.05, 3.63) is 113 Å². The Morgan fingerprint density at radius 2 is 1.69 bits per heavy atom. The van der Waals surface area contributed by atoms with E-state index >= 15 is 0 Å². The Balaban J connectivity index is 1.52. The van der Waals surface area contributed by atoms with Crippen LogP contribution < -0.4 is 5.32 Å². The predicted molar refractivity (Wildman–Crippen MR) is 141 cm³/mol. The molecule has 174 valence electrons. The molecule has 1 amide bonds. The number of aryl methyl sites for hydroxylation is 2. The van der Waals surface area contributed by atoms with E-state index in [2.05, 4.69) is 54.6 Å². The molecule has 3 aromatic carbocycles. The van der Waals surface area contributed by atoms with Gasteiger partial charge in [-0.15, -0.1) is 0 Å². The molecule has 0 radical (unpaired) electrons. The molecule has 0 aliphatic heterocycles. The van der Waals surface area contributed by atoms with Crippen LogP contribution in [-0.4, -0.2) is 20.7 Å². The summed E-state index contributed by atoms with van der Waals surface area (Å²) in [5.74, 6) is -0.117. The van der Waals surface area contributed by atoms with Crippen molar-refractivity contribution in [2.75, 3.05) is 0 Å². The quantitative estimate of drug-likeness (QED) is 0.328. The summed E-state index contributed by atoms with van der Waals surface area (Å²) in [7, 11) is 0. The summed E-state index contributed by atoms with van der Waals surface area (Å²) in [6.07, 6.45) is 2.83. The van der Waals surface area contributed by atoms with E-state index in [1.165, 1.54) is 5.56 Å². The number of benzene rings is 3. The van der Waals surface area contributed by atoms with Crippen LogP contribution in [0.15, 0.2) is 85.1 Å². The van der Waals surface area contributed by atoms with Gasteiger partial charge in [0.1, 0.15) is 0 Å². The predicted octanol–water partition coefficient (Wildman–Crippen LogP) is 6.20. The van der Waals surface area contributed by atoms with Gasteiger partial charge in [-0.25, -0.2) is 9.67 Å². The Labute approximate surface area is 205 Å². The highest BCUT2D eigenvalue weighted by molar-refractivity contribution is 6.07. The van der Waals surface area contributed by atoms with E-state index < -0.39 is 0 Å². The SMILES string of the molecule is CCc1ccc(-n2ncc(-c3cc(C(=O)NCc4ccccc4C)c4ccccc4n3)c2C)cc1. The van der Waals surface area contributed by atoms with Gasteiger partial charge in [0.2, 0.25) is 0 Å². The number of carbonyl (C=O) groups excluding carboxylic acids is 1. The van der Waals surface area contributed by atoms with Gasteiger partial charge in [-0.3, -0.25) is 4.79 Å². The molecule has 2 heterocycles. The van der Waals surface area contributed by atoms with Crippen LogP contribution in [-0.2, 0) is 13.0 Å². The minimum absolute atomic E-state index is 0.117. The smallest absolute Gasteiger partial charge is 0.252 e. The summed E-state index contributed by atoms with van der Waals surface area (Å²) in [5, 5.41) is 8.56. The van der Waals surface area contributed by atoms with Crippen LogP contribution >= 0.6 is 0 Å². The van der Waals surface area contributed by atoms with E-state index in [0.29, 0.717) is 12.1 Å². The van der Waals surface area contributed by atoms with Crippen LogP contribution in [0.1, 0.15) is 39.7 Å². The van der Waals surface area contributed by atoms with Crippen molar-refractivity contribution in [2.45, 2.75) is 33.7 Å². The van der Waals surface area contributed by atoms with Gasteiger partial charge in [0.05, 0.1) is 34.4 Å². The van der Waals surface area contributed by atoms with Crippen molar-refractivity contribution in [1.82, 2.24) is 20.1 Å². The molecule has 0 saturated carbocycles. The molecule has 0 bridgehead atoms. The number of nitrogens with zero attached hydrogens (tertiary/aromatic N) is 3. The monoisotopic (exact) mass is 460 g/mol. The fourth-order valence-electron chi connectivity index (χ4n) is 4.37. The minimum Gasteiger partial charge on any atom is -0.348 e. The highest BCUT2D eigenvalue weighted by Crippen LogP contribution is 2.28. The molecular formula is C30H28N4O. The third-order valence-electron chi connectivity index (χ3n) is 6.54. The van der Waals surface area contributed by atoms with Crippen molar-refractivity contribution >= 4 is 16.8 Å². The maximum absolute atomic E-state index is 13.3. The van der Waals surface area contributed by atoms with E-state index in [4.69, 9.17) is 4.98 Å². The van der Waals surface area contributed by atoms with E-state index in [-0.39, 0.29) is 5.91 Å². The zero-order valence-electron chi connectivity index (χ0n) is 20.2. The summed E-state index contributed by atoms with van der Waals surface area (Å²) in [5.41, 5.74) is 8.56. The van der Waals surface area contributed by atoms with Gasteiger partial charge < -0.3 is 5.32 Å². The average molecular weight is 461 g/mol. The Kier molecular flexibility index (Phi) is 6.15. The Bertz CT molecular complexity index is 1520. The summed E-state index contributed by atoms with van der Waals surface area (Å²) >= 11 is 0. The van der Waals surface area contributed by atoms with Crippen LogP contribution in [0.4, 0.5) is 0 Å². The zero-order valence-corrected chi connectivity index (χ0v) is 20.2. The maximum atomic E-state index is 13.3. The van der Waals surface area contributed by atoms with Crippen LogP contribution in [0.3, 0.4) is 0 Å². The van der Waals surface area contributed by atoms with Crippen molar-refractivity contribution in [3.8, 4) is 16.9 Å². The molecule has 0 aliphatic rings. The maximum Gasteiger partial charge on any atom is 0.252 e. The molecule has 5 aromatic rings. The number of pyridine rings is 1. The second kappa shape index (κ2) is 9.55. The molecule has 0 spiro atoms. The topological polar surface area (TPSA) is 59.8 Å².